The summed E-state index contributed by atoms with van der Waals surface area (Å²) in [5.74, 6) is -0.199. The Morgan fingerprint density at radius 3 is 2.21 bits per heavy atom. The normalized spacial score (nSPS) is 19.1. The van der Waals surface area contributed by atoms with E-state index in [1.165, 1.54) is 0 Å². The van der Waals surface area contributed by atoms with E-state index >= 15 is 0 Å². The molecule has 0 saturated heterocycles. The quantitative estimate of drug-likeness (QED) is 0.620. The molecule has 0 radical (unpaired) electrons. The van der Waals surface area contributed by atoms with Crippen LogP contribution in [0, 0.1) is 0 Å². The molecule has 4 nitrogen and oxygen atoms in total. The van der Waals surface area contributed by atoms with Gasteiger partial charge in [-0.3, -0.25) is 4.79 Å². The van der Waals surface area contributed by atoms with Crippen LogP contribution in [0.5, 0.6) is 0 Å². The number of hydrogen-bond donors (Lipinski definition) is 2. The predicted octanol–water partition coefficient (Wildman–Crippen LogP) is 3.08. The number of halogens is 1. The van der Waals surface area contributed by atoms with Crippen molar-refractivity contribution in [2.45, 2.75) is 44.0 Å². The van der Waals surface area contributed by atoms with Gasteiger partial charge in [0, 0.05) is 0 Å². The summed E-state index contributed by atoms with van der Waals surface area (Å²) >= 11 is 5.84. The van der Waals surface area contributed by atoms with E-state index in [-0.39, 0.29) is 5.78 Å². The largest absolute Gasteiger partial charge is 0.444 e. The smallest absolute Gasteiger partial charge is 0.408 e. The van der Waals surface area contributed by atoms with Gasteiger partial charge in [0.1, 0.15) is 11.0 Å². The summed E-state index contributed by atoms with van der Waals surface area (Å²) in [6.07, 6.45) is 3.13. The molecule has 0 aromatic rings. The Hall–Kier alpha value is -0.940. The number of nitrogens with one attached hydrogen (secondary N) is 1. The number of hydrogen-bond acceptors (Lipinski definition) is 3. The Kier molecular flexibility index (Phi) is 5.50. The van der Waals surface area contributed by atoms with E-state index in [9.17, 15) is 9.59 Å². The molecule has 0 aromatic heterocycles. The molecular weight excluding hydrogens is 286 g/mol. The van der Waals surface area contributed by atoms with Gasteiger partial charge < -0.3 is 10.1 Å². The number of thiol groups is 1. The van der Waals surface area contributed by atoms with Crippen molar-refractivity contribution < 1.29 is 14.3 Å². The molecule has 1 N–H and O–H groups in total. The van der Waals surface area contributed by atoms with Crippen molar-refractivity contribution in [3.63, 3.8) is 0 Å². The second kappa shape index (κ2) is 6.48. The second-order valence-corrected chi connectivity index (χ2v) is 7.86. The van der Waals surface area contributed by atoms with E-state index in [4.69, 9.17) is 16.3 Å². The van der Waals surface area contributed by atoms with E-state index in [2.05, 4.69) is 5.32 Å². The second-order valence-electron chi connectivity index (χ2n) is 5.20. The fraction of sp³-hybridized carbons (Fsp3) is 0.538. The number of amides is 1. The molecule has 0 bridgehead atoms. The number of carbonyl (C=O) groups is 2. The van der Waals surface area contributed by atoms with Crippen LogP contribution in [-0.2, 0) is 9.53 Å². The lowest BCUT2D eigenvalue weighted by atomic mass is 10.2. The Bertz CT molecular complexity index is 401. The number of carbonyl (C=O) groups excluding carboxylic acids is 2. The Morgan fingerprint density at radius 2 is 1.79 bits per heavy atom. The van der Waals surface area contributed by atoms with Crippen LogP contribution in [-0.4, -0.2) is 28.2 Å². The zero-order chi connectivity index (χ0) is 14.6. The molecule has 0 fully saturated rings. The average molecular weight is 306 g/mol. The van der Waals surface area contributed by atoms with Crippen LogP contribution < -0.4 is 5.32 Å². The van der Waals surface area contributed by atoms with Gasteiger partial charge >= 0.3 is 6.09 Å². The highest BCUT2D eigenvalue weighted by Crippen LogP contribution is 2.38. The van der Waals surface area contributed by atoms with E-state index in [1.54, 1.807) is 27.7 Å². The number of ketones is 1. The molecule has 1 aliphatic rings. The predicted molar refractivity (Wildman–Crippen MR) is 80.7 cm³/mol. The summed E-state index contributed by atoms with van der Waals surface area (Å²) in [7, 11) is -0.862. The third-order valence-electron chi connectivity index (χ3n) is 2.24. The van der Waals surface area contributed by atoms with Crippen LogP contribution >= 0.6 is 22.5 Å². The van der Waals surface area contributed by atoms with Crippen LogP contribution in [0.3, 0.4) is 0 Å². The number of ether oxygens (including phenoxy) is 1. The first kappa shape index (κ1) is 16.1. The molecule has 6 heteroatoms. The van der Waals surface area contributed by atoms with Crippen LogP contribution in [0.2, 0.25) is 0 Å². The molecule has 0 spiro atoms. The summed E-state index contributed by atoms with van der Waals surface area (Å²) in [6, 6.07) is 0. The molecule has 108 valence electrons. The topological polar surface area (TPSA) is 55.4 Å². The Balaban J connectivity index is 2.75. The fourth-order valence-electron chi connectivity index (χ4n) is 1.45. The highest BCUT2D eigenvalue weighted by Gasteiger charge is 2.30. The highest BCUT2D eigenvalue weighted by atomic mass is 35.5. The minimum absolute atomic E-state index is 0.199. The van der Waals surface area contributed by atoms with Gasteiger partial charge in [0.25, 0.3) is 0 Å². The summed E-state index contributed by atoms with van der Waals surface area (Å²) in [5.41, 5.74) is -0.598. The third-order valence-corrected chi connectivity index (χ3v) is 4.47. The van der Waals surface area contributed by atoms with E-state index < -0.39 is 33.3 Å². The third kappa shape index (κ3) is 5.28. The van der Waals surface area contributed by atoms with Crippen LogP contribution in [0.4, 0.5) is 4.79 Å². The van der Waals surface area contributed by atoms with Gasteiger partial charge in [-0.15, -0.1) is 11.6 Å². The average Bonchev–Trinajstić information content (AvgIpc) is 2.75. The highest BCUT2D eigenvalue weighted by molar-refractivity contribution is 8.23. The number of Topliss-reactive ketones (excluding diaryl/α,β-unsaturated/α-hetero) is 1. The molecule has 1 heterocycles. The van der Waals surface area contributed by atoms with Crippen molar-refractivity contribution >= 4 is 34.4 Å². The number of rotatable bonds is 4. The van der Waals surface area contributed by atoms with E-state index in [0.717, 1.165) is 0 Å². The molecule has 0 aliphatic carbocycles. The van der Waals surface area contributed by atoms with Crippen molar-refractivity contribution in [1.82, 2.24) is 5.32 Å². The zero-order valence-electron chi connectivity index (χ0n) is 11.5. The van der Waals surface area contributed by atoms with Crippen molar-refractivity contribution in [2.75, 3.05) is 0 Å². The summed E-state index contributed by atoms with van der Waals surface area (Å²) in [5, 5.41) is 5.17. The zero-order valence-corrected chi connectivity index (χ0v) is 13.2. The molecule has 1 aliphatic heterocycles. The van der Waals surface area contributed by atoms with Crippen molar-refractivity contribution in [2.24, 2.45) is 0 Å². The van der Waals surface area contributed by atoms with Gasteiger partial charge in [0.15, 0.2) is 5.78 Å². The number of alkyl carbamates (subject to hydrolysis) is 1. The molecule has 1 unspecified atom stereocenters. The lowest BCUT2D eigenvalue weighted by Gasteiger charge is -2.27. The standard InChI is InChI=1S/C13H20ClNO3S/c1-9(14)10(16)11(19-7-5-6-8-19)15-12(17)18-13(2,3)4/h5-9,11,19H,1-4H3,(H,15,17)/t9-,11?/m0/s1. The fourth-order valence-corrected chi connectivity index (χ4v) is 3.47. The monoisotopic (exact) mass is 305 g/mol. The first-order valence-corrected chi connectivity index (χ1v) is 7.99. The molecule has 0 aromatic carbocycles. The maximum Gasteiger partial charge on any atom is 0.408 e. The maximum atomic E-state index is 12.1. The molecule has 1 amide bonds. The Morgan fingerprint density at radius 1 is 1.26 bits per heavy atom. The van der Waals surface area contributed by atoms with Crippen LogP contribution in [0.15, 0.2) is 23.0 Å². The van der Waals surface area contributed by atoms with E-state index in [0.29, 0.717) is 0 Å². The van der Waals surface area contributed by atoms with Crippen molar-refractivity contribution in [3.8, 4) is 0 Å². The van der Waals surface area contributed by atoms with Gasteiger partial charge in [0.2, 0.25) is 0 Å². The lowest BCUT2D eigenvalue weighted by Crippen LogP contribution is -2.44. The number of alkyl halides is 1. The van der Waals surface area contributed by atoms with Gasteiger partial charge in [0.05, 0.1) is 5.38 Å². The van der Waals surface area contributed by atoms with Crippen molar-refractivity contribution in [3.05, 3.63) is 23.0 Å². The van der Waals surface area contributed by atoms with Crippen molar-refractivity contribution in [1.29, 1.82) is 0 Å². The minimum Gasteiger partial charge on any atom is -0.444 e. The summed E-state index contributed by atoms with van der Waals surface area (Å²) in [6.45, 7) is 6.92. The molecule has 0 saturated carbocycles. The van der Waals surface area contributed by atoms with Crippen LogP contribution in [0.1, 0.15) is 27.7 Å². The first-order chi connectivity index (χ1) is 8.70. The Labute approximate surface area is 121 Å². The van der Waals surface area contributed by atoms with E-state index in [1.807, 2.05) is 23.0 Å². The van der Waals surface area contributed by atoms with Gasteiger partial charge in [-0.2, -0.15) is 10.9 Å². The summed E-state index contributed by atoms with van der Waals surface area (Å²) in [4.78, 5) is 23.9. The van der Waals surface area contributed by atoms with Gasteiger partial charge in [-0.05, 0) is 38.5 Å². The molecule has 1 rings (SSSR count). The lowest BCUT2D eigenvalue weighted by molar-refractivity contribution is -0.118. The summed E-state index contributed by atoms with van der Waals surface area (Å²) < 4.78 is 5.17. The first-order valence-electron chi connectivity index (χ1n) is 6.00. The molecule has 2 atom stereocenters. The molecule has 19 heavy (non-hydrogen) atoms. The van der Waals surface area contributed by atoms with Gasteiger partial charge in [-0.25, -0.2) is 4.79 Å². The maximum absolute atomic E-state index is 12.1. The molecular formula is C13H20ClNO3S. The SMILES string of the molecule is C[C@H](Cl)C(=O)C(NC(=O)OC(C)(C)C)[SH]1C=CC=C1. The number of allylic oxidation sites excluding steroid dienone is 2. The van der Waals surface area contributed by atoms with Crippen LogP contribution in [0.25, 0.3) is 0 Å². The minimum atomic E-state index is -0.862. The van der Waals surface area contributed by atoms with Gasteiger partial charge in [-0.1, -0.05) is 12.2 Å².